The SMILES string of the molecule is CCCc1cc(C(=O)Nc2c(O)c3ccc(O[C@H]4OC(C)(C)[C@H](OC)[C@@H](OC(=O)c5ccc(C)[nH]5)[C@H]4O)c(Cl)c3oc2=O)ccc1O. The topological polar surface area (TPSA) is 190 Å². The molecule has 250 valence electrons. The van der Waals surface area contributed by atoms with Crippen LogP contribution in [0.25, 0.3) is 11.0 Å². The fourth-order valence-corrected chi connectivity index (χ4v) is 5.77. The summed E-state index contributed by atoms with van der Waals surface area (Å²) in [4.78, 5) is 41.7. The molecule has 0 bridgehead atoms. The number of hydrogen-bond acceptors (Lipinski definition) is 11. The largest absolute Gasteiger partial charge is 0.508 e. The number of esters is 1. The molecule has 2 aromatic carbocycles. The molecule has 1 saturated heterocycles. The molecule has 13 nitrogen and oxygen atoms in total. The van der Waals surface area contributed by atoms with E-state index in [0.717, 1.165) is 12.1 Å². The number of phenols is 1. The van der Waals surface area contributed by atoms with Gasteiger partial charge in [0.25, 0.3) is 5.91 Å². The highest BCUT2D eigenvalue weighted by Gasteiger charge is 2.53. The molecule has 1 amide bonds. The van der Waals surface area contributed by atoms with Crippen molar-refractivity contribution in [1.82, 2.24) is 4.98 Å². The molecule has 1 fully saturated rings. The number of carbonyl (C=O) groups excluding carboxylic acids is 2. The Morgan fingerprint density at radius 3 is 2.53 bits per heavy atom. The van der Waals surface area contributed by atoms with Crippen LogP contribution in [0.5, 0.6) is 17.2 Å². The molecule has 5 rings (SSSR count). The molecular weight excluding hydrogens is 636 g/mol. The van der Waals surface area contributed by atoms with Crippen molar-refractivity contribution in [3.8, 4) is 17.2 Å². The molecule has 3 heterocycles. The summed E-state index contributed by atoms with van der Waals surface area (Å²) >= 11 is 6.57. The third-order valence-corrected chi connectivity index (χ3v) is 8.22. The Morgan fingerprint density at radius 1 is 1.13 bits per heavy atom. The number of aromatic amines is 1. The van der Waals surface area contributed by atoms with Crippen LogP contribution in [0.4, 0.5) is 5.69 Å². The lowest BCUT2D eigenvalue weighted by atomic mass is 9.89. The number of H-pyrrole nitrogens is 1. The van der Waals surface area contributed by atoms with E-state index < -0.39 is 59.1 Å². The summed E-state index contributed by atoms with van der Waals surface area (Å²) < 4.78 is 28.6. The van der Waals surface area contributed by atoms with Crippen molar-refractivity contribution < 1.29 is 48.3 Å². The Morgan fingerprint density at radius 2 is 1.87 bits per heavy atom. The summed E-state index contributed by atoms with van der Waals surface area (Å²) in [5.74, 6) is -2.09. The molecule has 1 aliphatic heterocycles. The molecule has 0 aliphatic carbocycles. The molecule has 2 aromatic heterocycles. The van der Waals surface area contributed by atoms with Gasteiger partial charge in [-0.05, 0) is 75.2 Å². The molecule has 0 radical (unpaired) electrons. The first-order valence-electron chi connectivity index (χ1n) is 14.8. The summed E-state index contributed by atoms with van der Waals surface area (Å²) in [6, 6.07) is 10.2. The standard InChI is InChI=1S/C33H35ClN2O11/c1-6-7-16-14-17(9-12-20(16)37)29(40)36-23-24(38)18-10-13-21(22(34)26(18)45-31(23)42)44-32-25(39)27(28(43-5)33(3,4)47-32)46-30(41)19-11-8-15(2)35-19/h8-14,25,27-28,32,35,37-39H,6-7H2,1-5H3,(H,36,40)/t25-,27+,28-,32+/m1/s1. The predicted octanol–water partition coefficient (Wildman–Crippen LogP) is 4.81. The van der Waals surface area contributed by atoms with E-state index in [0.29, 0.717) is 12.0 Å². The van der Waals surface area contributed by atoms with Gasteiger partial charge in [-0.15, -0.1) is 0 Å². The van der Waals surface area contributed by atoms with Gasteiger partial charge in [-0.25, -0.2) is 9.59 Å². The molecule has 14 heteroatoms. The number of benzene rings is 2. The van der Waals surface area contributed by atoms with Crippen LogP contribution in [0.1, 0.15) is 59.3 Å². The third kappa shape index (κ3) is 6.65. The van der Waals surface area contributed by atoms with Crippen LogP contribution in [-0.2, 0) is 20.6 Å². The van der Waals surface area contributed by atoms with Crippen molar-refractivity contribution in [2.75, 3.05) is 12.4 Å². The Bertz CT molecular complexity index is 1880. The maximum Gasteiger partial charge on any atom is 0.364 e. The lowest BCUT2D eigenvalue weighted by molar-refractivity contribution is -0.305. The summed E-state index contributed by atoms with van der Waals surface area (Å²) in [5.41, 5.74) is -1.37. The minimum Gasteiger partial charge on any atom is -0.508 e. The number of aromatic hydroxyl groups is 2. The average Bonchev–Trinajstić information content (AvgIpc) is 3.46. The zero-order valence-corrected chi connectivity index (χ0v) is 27.0. The van der Waals surface area contributed by atoms with Gasteiger partial charge in [0.2, 0.25) is 6.29 Å². The van der Waals surface area contributed by atoms with Gasteiger partial charge in [-0.2, -0.15) is 0 Å². The number of carbonyl (C=O) groups is 2. The average molecular weight is 671 g/mol. The molecule has 0 unspecified atom stereocenters. The second kappa shape index (κ2) is 13.3. The molecule has 1 aliphatic rings. The minimum absolute atomic E-state index is 0.0208. The number of hydrogen-bond donors (Lipinski definition) is 5. The number of ether oxygens (including phenoxy) is 4. The molecule has 0 saturated carbocycles. The number of nitrogens with one attached hydrogen (secondary N) is 2. The highest BCUT2D eigenvalue weighted by Crippen LogP contribution is 2.41. The summed E-state index contributed by atoms with van der Waals surface area (Å²) in [7, 11) is 1.39. The predicted molar refractivity (Wildman–Crippen MR) is 170 cm³/mol. The number of aliphatic hydroxyl groups is 1. The van der Waals surface area contributed by atoms with Crippen molar-refractivity contribution >= 4 is 40.1 Å². The fourth-order valence-electron chi connectivity index (χ4n) is 5.53. The summed E-state index contributed by atoms with van der Waals surface area (Å²) in [6.45, 7) is 7.03. The molecule has 4 aromatic rings. The highest BCUT2D eigenvalue weighted by atomic mass is 35.5. The monoisotopic (exact) mass is 670 g/mol. The maximum absolute atomic E-state index is 13.0. The molecule has 47 heavy (non-hydrogen) atoms. The summed E-state index contributed by atoms with van der Waals surface area (Å²) in [6.07, 6.45) is -3.85. The Labute approximate surface area is 274 Å². The van der Waals surface area contributed by atoms with Crippen LogP contribution in [0, 0.1) is 6.92 Å². The van der Waals surface area contributed by atoms with Crippen molar-refractivity contribution in [1.29, 1.82) is 0 Å². The van der Waals surface area contributed by atoms with Crippen LogP contribution in [0.2, 0.25) is 5.02 Å². The number of aryl methyl sites for hydroxylation is 2. The van der Waals surface area contributed by atoms with Gasteiger partial charge in [0.15, 0.2) is 29.2 Å². The lowest BCUT2D eigenvalue weighted by Gasteiger charge is -2.47. The maximum atomic E-state index is 13.0. The van der Waals surface area contributed by atoms with E-state index in [9.17, 15) is 29.7 Å². The lowest BCUT2D eigenvalue weighted by Crippen LogP contribution is -2.65. The zero-order valence-electron chi connectivity index (χ0n) is 26.3. The van der Waals surface area contributed by atoms with Crippen molar-refractivity contribution in [2.45, 2.75) is 70.7 Å². The van der Waals surface area contributed by atoms with E-state index in [-0.39, 0.29) is 38.7 Å². The zero-order chi connectivity index (χ0) is 34.2. The van der Waals surface area contributed by atoms with E-state index in [1.165, 1.54) is 37.4 Å². The van der Waals surface area contributed by atoms with Crippen LogP contribution >= 0.6 is 11.6 Å². The van der Waals surface area contributed by atoms with Crippen molar-refractivity contribution in [3.05, 3.63) is 80.4 Å². The Kier molecular flexibility index (Phi) is 9.55. The number of rotatable bonds is 9. The number of halogens is 1. The van der Waals surface area contributed by atoms with Gasteiger partial charge >= 0.3 is 11.6 Å². The number of aliphatic hydroxyl groups excluding tert-OH is 1. The number of aromatic nitrogens is 1. The van der Waals surface area contributed by atoms with Crippen molar-refractivity contribution in [2.24, 2.45) is 0 Å². The van der Waals surface area contributed by atoms with Gasteiger partial charge < -0.3 is 49.0 Å². The Hall–Kier alpha value is -4.56. The second-order valence-electron chi connectivity index (χ2n) is 11.7. The van der Waals surface area contributed by atoms with Gasteiger partial charge in [-0.3, -0.25) is 4.79 Å². The number of fused-ring (bicyclic) bond motifs is 1. The first-order chi connectivity index (χ1) is 22.2. The molecular formula is C33H35ClN2O11. The van der Waals surface area contributed by atoms with E-state index in [1.54, 1.807) is 32.9 Å². The van der Waals surface area contributed by atoms with E-state index in [4.69, 9.17) is 35.0 Å². The van der Waals surface area contributed by atoms with E-state index >= 15 is 0 Å². The minimum atomic E-state index is -1.56. The number of anilines is 1. The third-order valence-electron chi connectivity index (χ3n) is 7.86. The van der Waals surface area contributed by atoms with Crippen molar-refractivity contribution in [3.63, 3.8) is 0 Å². The molecule has 4 atom stereocenters. The van der Waals surface area contributed by atoms with Crippen LogP contribution in [-0.4, -0.2) is 69.5 Å². The first-order valence-corrected chi connectivity index (χ1v) is 15.2. The molecule has 5 N–H and O–H groups in total. The number of amides is 1. The van der Waals surface area contributed by atoms with E-state index in [2.05, 4.69) is 10.3 Å². The van der Waals surface area contributed by atoms with Crippen LogP contribution < -0.4 is 15.7 Å². The summed E-state index contributed by atoms with van der Waals surface area (Å²) in [5, 5.41) is 34.4. The van der Waals surface area contributed by atoms with Gasteiger partial charge in [-0.1, -0.05) is 24.9 Å². The van der Waals surface area contributed by atoms with Crippen LogP contribution in [0.3, 0.4) is 0 Å². The fraction of sp³-hybridized carbons (Fsp3) is 0.364. The first kappa shape index (κ1) is 33.8. The van der Waals surface area contributed by atoms with E-state index in [1.807, 2.05) is 6.92 Å². The smallest absolute Gasteiger partial charge is 0.364 e. The normalized spacial score (nSPS) is 20.6. The van der Waals surface area contributed by atoms with Gasteiger partial charge in [0.05, 0.1) is 11.0 Å². The number of phenolic OH excluding ortho intramolecular Hbond substituents is 1. The molecule has 0 spiro atoms. The van der Waals surface area contributed by atoms with Gasteiger partial charge in [0.1, 0.15) is 28.3 Å². The Balaban J connectivity index is 1.41. The highest BCUT2D eigenvalue weighted by molar-refractivity contribution is 6.36. The second-order valence-corrected chi connectivity index (χ2v) is 12.1. The van der Waals surface area contributed by atoms with Crippen LogP contribution in [0.15, 0.2) is 51.7 Å². The van der Waals surface area contributed by atoms with Gasteiger partial charge in [0, 0.05) is 18.4 Å². The number of methoxy groups -OCH3 is 1. The quantitative estimate of drug-likeness (QED) is 0.121.